The van der Waals surface area contributed by atoms with E-state index in [1.54, 1.807) is 0 Å². The Kier molecular flexibility index (Phi) is 15.0. The Balaban J connectivity index is 0.000000468. The van der Waals surface area contributed by atoms with Gasteiger partial charge in [0.05, 0.1) is 72.3 Å². The van der Waals surface area contributed by atoms with E-state index in [4.69, 9.17) is 0 Å². The molecule has 4 aromatic rings. The van der Waals surface area contributed by atoms with Crippen molar-refractivity contribution in [3.8, 4) is 11.5 Å². The van der Waals surface area contributed by atoms with Crippen LogP contribution >= 0.6 is 0 Å². The van der Waals surface area contributed by atoms with E-state index in [0.717, 1.165) is 14.2 Å². The third-order valence-corrected chi connectivity index (χ3v) is 3.53. The summed E-state index contributed by atoms with van der Waals surface area (Å²) in [4.78, 5) is 0. The molecule has 4 aromatic carbocycles. The Bertz CT molecular complexity index is 941. The molecule has 35 heavy (non-hydrogen) atoms. The fraction of sp³-hybridized carbons (Fsp3) is 0.0833. The van der Waals surface area contributed by atoms with Crippen LogP contribution in [0.5, 0.6) is 11.5 Å². The van der Waals surface area contributed by atoms with E-state index in [1.807, 2.05) is 60.7 Å². The predicted octanol–water partition coefficient (Wildman–Crippen LogP) is 6.91. The summed E-state index contributed by atoms with van der Waals surface area (Å²) in [6, 6.07) is 22.4. The Morgan fingerprint density at radius 1 is 0.514 bits per heavy atom. The van der Waals surface area contributed by atoms with Gasteiger partial charge in [-0.1, -0.05) is 0 Å². The Morgan fingerprint density at radius 3 is 0.886 bits per heavy atom. The van der Waals surface area contributed by atoms with Gasteiger partial charge in [0.15, 0.2) is 0 Å². The summed E-state index contributed by atoms with van der Waals surface area (Å²) >= 11 is 0. The Morgan fingerprint density at radius 2 is 0.743 bits per heavy atom. The van der Waals surface area contributed by atoms with Crippen LogP contribution in [0.25, 0.3) is 0 Å². The molecule has 0 radical (unpaired) electrons. The van der Waals surface area contributed by atoms with E-state index >= 15 is 0 Å². The summed E-state index contributed by atoms with van der Waals surface area (Å²) in [6.07, 6.45) is 0. The summed E-state index contributed by atoms with van der Waals surface area (Å²) in [6.45, 7) is 0. The van der Waals surface area contributed by atoms with Crippen LogP contribution < -0.4 is 9.47 Å². The van der Waals surface area contributed by atoms with E-state index in [-0.39, 0.29) is 21.7 Å². The van der Waals surface area contributed by atoms with Crippen LogP contribution in [0, 0.1) is 58.7 Å². The van der Waals surface area contributed by atoms with Crippen molar-refractivity contribution in [1.29, 1.82) is 0 Å². The van der Waals surface area contributed by atoms with Crippen molar-refractivity contribution in [2.75, 3.05) is 14.2 Å². The van der Waals surface area contributed by atoms with Crippen LogP contribution in [0.3, 0.4) is 0 Å². The third-order valence-electron chi connectivity index (χ3n) is 3.53. The molecule has 2 nitrogen and oxygen atoms in total. The molecule has 0 unspecified atom stereocenters. The van der Waals surface area contributed by atoms with Crippen molar-refractivity contribution in [2.24, 2.45) is 0 Å². The fourth-order valence-electron chi connectivity index (χ4n) is 2.00. The molecule has 4 rings (SSSR count). The molecule has 0 bridgehead atoms. The van der Waals surface area contributed by atoms with E-state index in [1.165, 1.54) is 12.1 Å². The molecule has 0 aromatic heterocycles. The second-order valence-corrected chi connectivity index (χ2v) is 5.75. The molecule has 184 valence electrons. The minimum Gasteiger partial charge on any atom is -0.516 e. The number of hydrogen-bond acceptors (Lipinski definition) is 2. The van der Waals surface area contributed by atoms with Gasteiger partial charge >= 0.3 is 21.7 Å². The molecule has 0 saturated heterocycles. The first-order valence-corrected chi connectivity index (χ1v) is 9.07. The van der Waals surface area contributed by atoms with Crippen molar-refractivity contribution in [2.45, 2.75) is 0 Å². The van der Waals surface area contributed by atoms with Crippen LogP contribution in [0.4, 0.5) is 35.1 Å². The van der Waals surface area contributed by atoms with Gasteiger partial charge in [0.25, 0.3) is 0 Å². The largest absolute Gasteiger partial charge is 4.00 e. The molecular weight excluding hydrogens is 520 g/mol. The summed E-state index contributed by atoms with van der Waals surface area (Å²) in [7, 11) is 1.81. The first kappa shape index (κ1) is 31.9. The Hall–Kier alpha value is -3.11. The average molecular weight is 536 g/mol. The molecule has 0 aliphatic carbocycles. The summed E-state index contributed by atoms with van der Waals surface area (Å²) in [5, 5.41) is 0. The maximum atomic E-state index is 12.5. The van der Waals surface area contributed by atoms with E-state index in [0.29, 0.717) is 0 Å². The predicted molar refractivity (Wildman–Crippen MR) is 107 cm³/mol. The second-order valence-electron chi connectivity index (χ2n) is 5.75. The smallest absolute Gasteiger partial charge is 0.516 e. The molecule has 0 aliphatic rings. The van der Waals surface area contributed by atoms with Gasteiger partial charge in [0.1, 0.15) is 0 Å². The van der Waals surface area contributed by atoms with E-state index in [9.17, 15) is 35.1 Å². The number of methoxy groups -OCH3 is 2. The molecule has 0 fully saturated rings. The van der Waals surface area contributed by atoms with Crippen LogP contribution in [0.2, 0.25) is 0 Å². The summed E-state index contributed by atoms with van der Waals surface area (Å²) in [5.74, 6) is -14.9. The maximum Gasteiger partial charge on any atom is 4.00 e. The van der Waals surface area contributed by atoms with Gasteiger partial charge in [0.2, 0.25) is 0 Å². The minimum absolute atomic E-state index is 0. The van der Waals surface area contributed by atoms with Crippen LogP contribution in [-0.2, 0) is 21.7 Å². The summed E-state index contributed by atoms with van der Waals surface area (Å²) < 4.78 is 107. The van der Waals surface area contributed by atoms with Crippen molar-refractivity contribution >= 4 is 0 Å². The second kappa shape index (κ2) is 16.5. The third kappa shape index (κ3) is 9.96. The SMILES string of the molecule is COc1c(F)c(F)[c-]c(F)c1F.COc1c(F)c(F)[c-]c(F)c1F.[Ti+4].c1cc[cH-]c1.c1cc[cH-]c1. The molecule has 0 amide bonds. The zero-order valence-corrected chi connectivity index (χ0v) is 19.7. The summed E-state index contributed by atoms with van der Waals surface area (Å²) in [5.41, 5.74) is 0. The molecule has 11 heteroatoms. The van der Waals surface area contributed by atoms with Gasteiger partial charge in [0, 0.05) is 0 Å². The first-order valence-electron chi connectivity index (χ1n) is 9.07. The standard InChI is InChI=1S/2C7H3F4O.2C5H5.Ti/c2*1-12-7-5(10)3(8)2-4(9)6(7)11;2*1-2-4-5-3-1;/h2*1H3;2*1-5H;/q4*-1;+4. The zero-order chi connectivity index (χ0) is 25.7. The molecule has 0 aliphatic heterocycles. The molecular formula is C24H16F8O2Ti. The molecule has 0 saturated carbocycles. The molecule has 0 spiro atoms. The number of ether oxygens (including phenoxy) is 2. The topological polar surface area (TPSA) is 18.5 Å². The van der Waals surface area contributed by atoms with Crippen LogP contribution in [-0.4, -0.2) is 14.2 Å². The fourth-order valence-corrected chi connectivity index (χ4v) is 2.00. The van der Waals surface area contributed by atoms with Crippen molar-refractivity contribution < 1.29 is 66.3 Å². The van der Waals surface area contributed by atoms with Gasteiger partial charge in [-0.3, -0.25) is 17.6 Å². The van der Waals surface area contributed by atoms with Gasteiger partial charge in [-0.05, 0) is 0 Å². The van der Waals surface area contributed by atoms with Gasteiger partial charge in [-0.25, -0.2) is 41.8 Å². The van der Waals surface area contributed by atoms with E-state index < -0.39 is 58.0 Å². The first-order chi connectivity index (χ1) is 16.1. The number of hydrogen-bond donors (Lipinski definition) is 0. The maximum absolute atomic E-state index is 12.5. The van der Waals surface area contributed by atoms with Gasteiger partial charge in [-0.15, -0.1) is 12.1 Å². The number of benzene rings is 2. The molecule has 0 heterocycles. The average Bonchev–Trinajstić information content (AvgIpc) is 3.57. The zero-order valence-electron chi connectivity index (χ0n) is 18.1. The van der Waals surface area contributed by atoms with Crippen LogP contribution in [0.15, 0.2) is 60.7 Å². The van der Waals surface area contributed by atoms with Crippen molar-refractivity contribution in [3.05, 3.63) is 119 Å². The number of rotatable bonds is 2. The molecule has 0 N–H and O–H groups in total. The van der Waals surface area contributed by atoms with Crippen molar-refractivity contribution in [1.82, 2.24) is 0 Å². The minimum atomic E-state index is -1.61. The van der Waals surface area contributed by atoms with Gasteiger partial charge in [-0.2, -0.15) is 36.4 Å². The molecule has 0 atom stereocenters. The quantitative estimate of drug-likeness (QED) is 0.120. The number of halogens is 8. The van der Waals surface area contributed by atoms with Crippen molar-refractivity contribution in [3.63, 3.8) is 0 Å². The Labute approximate surface area is 211 Å². The van der Waals surface area contributed by atoms with Gasteiger partial charge < -0.3 is 9.47 Å². The monoisotopic (exact) mass is 536 g/mol. The van der Waals surface area contributed by atoms with Crippen LogP contribution in [0.1, 0.15) is 0 Å². The van der Waals surface area contributed by atoms with E-state index in [2.05, 4.69) is 9.47 Å². The normalized spacial score (nSPS) is 9.20.